The van der Waals surface area contributed by atoms with Crippen molar-refractivity contribution in [3.05, 3.63) is 89.7 Å². The Hall–Kier alpha value is -3.67. The number of carbonyl (C=O) groups is 2. The van der Waals surface area contributed by atoms with Crippen molar-refractivity contribution >= 4 is 28.9 Å². The van der Waals surface area contributed by atoms with Gasteiger partial charge >= 0.3 is 5.97 Å². The Morgan fingerprint density at radius 2 is 1.52 bits per heavy atom. The van der Waals surface area contributed by atoms with Crippen molar-refractivity contribution in [2.45, 2.75) is 13.3 Å². The van der Waals surface area contributed by atoms with E-state index in [1.165, 1.54) is 12.1 Å². The summed E-state index contributed by atoms with van der Waals surface area (Å²) in [7, 11) is 0. The molecular formula is C23H21FN2O3. The number of halogens is 1. The molecule has 0 atom stereocenters. The van der Waals surface area contributed by atoms with Gasteiger partial charge in [-0.3, -0.25) is 4.79 Å². The average molecular weight is 392 g/mol. The zero-order chi connectivity index (χ0) is 20.6. The van der Waals surface area contributed by atoms with Crippen LogP contribution in [0.25, 0.3) is 0 Å². The van der Waals surface area contributed by atoms with E-state index in [9.17, 15) is 14.0 Å². The summed E-state index contributed by atoms with van der Waals surface area (Å²) in [6, 6.07) is 20.2. The lowest BCUT2D eigenvalue weighted by Gasteiger charge is -2.09. The topological polar surface area (TPSA) is 67.4 Å². The third kappa shape index (κ3) is 5.90. The minimum absolute atomic E-state index is 0.102. The molecule has 0 bridgehead atoms. The van der Waals surface area contributed by atoms with Crippen LogP contribution >= 0.6 is 0 Å². The Morgan fingerprint density at radius 1 is 0.897 bits per heavy atom. The van der Waals surface area contributed by atoms with E-state index in [4.69, 9.17) is 4.74 Å². The Kier molecular flexibility index (Phi) is 6.58. The van der Waals surface area contributed by atoms with Crippen molar-refractivity contribution in [1.82, 2.24) is 0 Å². The molecule has 29 heavy (non-hydrogen) atoms. The van der Waals surface area contributed by atoms with Crippen LogP contribution < -0.4 is 10.6 Å². The second-order valence-electron chi connectivity index (χ2n) is 6.36. The third-order valence-corrected chi connectivity index (χ3v) is 4.11. The van der Waals surface area contributed by atoms with Crippen molar-refractivity contribution < 1.29 is 18.7 Å². The van der Waals surface area contributed by atoms with E-state index < -0.39 is 0 Å². The second kappa shape index (κ2) is 9.50. The van der Waals surface area contributed by atoms with Crippen LogP contribution in [0.3, 0.4) is 0 Å². The molecule has 0 unspecified atom stereocenters. The standard InChI is InChI=1S/C23H21FN2O3/c1-2-29-23(28)17-6-8-19(9-7-17)25-20-10-12-21(13-11-20)26-22(27)15-16-4-3-5-18(24)14-16/h3-14,25H,2,15H2,1H3,(H,26,27). The van der Waals surface area contributed by atoms with Crippen molar-refractivity contribution in [2.24, 2.45) is 0 Å². The van der Waals surface area contributed by atoms with E-state index in [0.29, 0.717) is 23.4 Å². The number of hydrogen-bond donors (Lipinski definition) is 2. The summed E-state index contributed by atoms with van der Waals surface area (Å²) in [5.74, 6) is -0.927. The molecule has 0 saturated carbocycles. The van der Waals surface area contributed by atoms with Crippen LogP contribution in [0.2, 0.25) is 0 Å². The summed E-state index contributed by atoms with van der Waals surface area (Å²) < 4.78 is 18.2. The minimum Gasteiger partial charge on any atom is -0.462 e. The molecule has 2 N–H and O–H groups in total. The third-order valence-electron chi connectivity index (χ3n) is 4.11. The molecule has 0 spiro atoms. The van der Waals surface area contributed by atoms with Gasteiger partial charge in [0.1, 0.15) is 5.82 Å². The van der Waals surface area contributed by atoms with Gasteiger partial charge in [-0.2, -0.15) is 0 Å². The summed E-state index contributed by atoms with van der Waals surface area (Å²) in [4.78, 5) is 23.8. The van der Waals surface area contributed by atoms with E-state index in [-0.39, 0.29) is 24.1 Å². The Labute approximate surface area is 168 Å². The highest BCUT2D eigenvalue weighted by atomic mass is 19.1. The number of hydrogen-bond acceptors (Lipinski definition) is 4. The largest absolute Gasteiger partial charge is 0.462 e. The number of rotatable bonds is 7. The van der Waals surface area contributed by atoms with E-state index in [2.05, 4.69) is 10.6 Å². The zero-order valence-electron chi connectivity index (χ0n) is 15.9. The van der Waals surface area contributed by atoms with Gasteiger partial charge in [-0.25, -0.2) is 9.18 Å². The first kappa shape index (κ1) is 20.1. The molecule has 0 aliphatic heterocycles. The molecule has 0 saturated heterocycles. The fraction of sp³-hybridized carbons (Fsp3) is 0.130. The summed E-state index contributed by atoms with van der Waals surface area (Å²) in [6.45, 7) is 2.10. The molecule has 0 aliphatic carbocycles. The van der Waals surface area contributed by atoms with Crippen molar-refractivity contribution in [1.29, 1.82) is 0 Å². The number of nitrogens with one attached hydrogen (secondary N) is 2. The van der Waals surface area contributed by atoms with E-state index in [1.54, 1.807) is 55.5 Å². The van der Waals surface area contributed by atoms with Gasteiger partial charge in [-0.15, -0.1) is 0 Å². The minimum atomic E-state index is -0.360. The molecule has 6 heteroatoms. The first-order chi connectivity index (χ1) is 14.0. The predicted molar refractivity (Wildman–Crippen MR) is 111 cm³/mol. The predicted octanol–water partition coefficient (Wildman–Crippen LogP) is 4.93. The molecule has 148 valence electrons. The van der Waals surface area contributed by atoms with Crippen LogP contribution in [-0.4, -0.2) is 18.5 Å². The normalized spacial score (nSPS) is 10.3. The van der Waals surface area contributed by atoms with Crippen LogP contribution in [0.15, 0.2) is 72.8 Å². The lowest BCUT2D eigenvalue weighted by Crippen LogP contribution is -2.14. The first-order valence-electron chi connectivity index (χ1n) is 9.22. The summed E-state index contributed by atoms with van der Waals surface area (Å²) in [5, 5.41) is 6.01. The number of ether oxygens (including phenoxy) is 1. The molecule has 0 fully saturated rings. The molecule has 3 aromatic carbocycles. The molecule has 0 aromatic heterocycles. The SMILES string of the molecule is CCOC(=O)c1ccc(Nc2ccc(NC(=O)Cc3cccc(F)c3)cc2)cc1. The maximum atomic E-state index is 13.2. The molecular weight excluding hydrogens is 371 g/mol. The zero-order valence-corrected chi connectivity index (χ0v) is 15.9. The maximum absolute atomic E-state index is 13.2. The lowest BCUT2D eigenvalue weighted by molar-refractivity contribution is -0.115. The van der Waals surface area contributed by atoms with E-state index in [1.807, 2.05) is 12.1 Å². The number of amides is 1. The maximum Gasteiger partial charge on any atom is 0.338 e. The highest BCUT2D eigenvalue weighted by molar-refractivity contribution is 5.92. The van der Waals surface area contributed by atoms with Gasteiger partial charge in [-0.05, 0) is 73.2 Å². The Bertz CT molecular complexity index is 986. The van der Waals surface area contributed by atoms with Gasteiger partial charge in [0.05, 0.1) is 18.6 Å². The number of anilines is 3. The molecule has 3 rings (SSSR count). The van der Waals surface area contributed by atoms with Crippen molar-refractivity contribution in [3.8, 4) is 0 Å². The molecule has 0 aliphatic rings. The van der Waals surface area contributed by atoms with Gasteiger partial charge in [-0.1, -0.05) is 12.1 Å². The summed E-state index contributed by atoms with van der Waals surface area (Å²) in [5.41, 5.74) is 3.41. The second-order valence-corrected chi connectivity index (χ2v) is 6.36. The van der Waals surface area contributed by atoms with Crippen molar-refractivity contribution in [3.63, 3.8) is 0 Å². The smallest absolute Gasteiger partial charge is 0.338 e. The van der Waals surface area contributed by atoms with Crippen LogP contribution in [-0.2, 0) is 16.0 Å². The average Bonchev–Trinajstić information content (AvgIpc) is 2.70. The van der Waals surface area contributed by atoms with Gasteiger partial charge < -0.3 is 15.4 Å². The van der Waals surface area contributed by atoms with Crippen molar-refractivity contribution in [2.75, 3.05) is 17.2 Å². The molecule has 5 nitrogen and oxygen atoms in total. The summed E-state index contributed by atoms with van der Waals surface area (Å²) in [6.07, 6.45) is 0.102. The highest BCUT2D eigenvalue weighted by Crippen LogP contribution is 2.20. The number of benzene rings is 3. The van der Waals surface area contributed by atoms with Crippen LogP contribution in [0.1, 0.15) is 22.8 Å². The molecule has 0 heterocycles. The number of carbonyl (C=O) groups excluding carboxylic acids is 2. The fourth-order valence-corrected chi connectivity index (χ4v) is 2.75. The quantitative estimate of drug-likeness (QED) is 0.560. The highest BCUT2D eigenvalue weighted by Gasteiger charge is 2.07. The van der Waals surface area contributed by atoms with Gasteiger partial charge in [0.2, 0.25) is 5.91 Å². The first-order valence-corrected chi connectivity index (χ1v) is 9.22. The fourth-order valence-electron chi connectivity index (χ4n) is 2.75. The Balaban J connectivity index is 1.56. The molecule has 1 amide bonds. The Morgan fingerprint density at radius 3 is 2.14 bits per heavy atom. The molecule has 3 aromatic rings. The van der Waals surface area contributed by atoms with Crippen LogP contribution in [0, 0.1) is 5.82 Å². The summed E-state index contributed by atoms with van der Waals surface area (Å²) >= 11 is 0. The van der Waals surface area contributed by atoms with E-state index in [0.717, 1.165) is 11.4 Å². The monoisotopic (exact) mass is 392 g/mol. The van der Waals surface area contributed by atoms with Crippen LogP contribution in [0.5, 0.6) is 0 Å². The lowest BCUT2D eigenvalue weighted by atomic mass is 10.1. The van der Waals surface area contributed by atoms with Gasteiger partial charge in [0.25, 0.3) is 0 Å². The molecule has 0 radical (unpaired) electrons. The van der Waals surface area contributed by atoms with Gasteiger partial charge in [0, 0.05) is 17.1 Å². The van der Waals surface area contributed by atoms with Crippen LogP contribution in [0.4, 0.5) is 21.5 Å². The number of esters is 1. The van der Waals surface area contributed by atoms with E-state index >= 15 is 0 Å². The van der Waals surface area contributed by atoms with Gasteiger partial charge in [0.15, 0.2) is 0 Å².